The lowest BCUT2D eigenvalue weighted by molar-refractivity contribution is -0.112. The highest BCUT2D eigenvalue weighted by atomic mass is 16.5. The summed E-state index contributed by atoms with van der Waals surface area (Å²) in [5.74, 6) is -0.0976. The molecule has 166 valence electrons. The fourth-order valence-electron chi connectivity index (χ4n) is 3.53. The minimum absolute atomic E-state index is 0.0343. The largest absolute Gasteiger partial charge is 0.497 e. The third kappa shape index (κ3) is 5.86. The van der Waals surface area contributed by atoms with Gasteiger partial charge in [-0.2, -0.15) is 5.26 Å². The number of hydrogen-bond donors (Lipinski definition) is 2. The van der Waals surface area contributed by atoms with Gasteiger partial charge in [0.05, 0.1) is 7.11 Å². The van der Waals surface area contributed by atoms with E-state index in [1.165, 1.54) is 6.08 Å². The van der Waals surface area contributed by atoms with Gasteiger partial charge in [0.1, 0.15) is 17.4 Å². The molecule has 3 rings (SSSR count). The van der Waals surface area contributed by atoms with Crippen molar-refractivity contribution in [2.24, 2.45) is 0 Å². The Morgan fingerprint density at radius 3 is 2.21 bits per heavy atom. The van der Waals surface area contributed by atoms with Crippen LogP contribution in [0.3, 0.4) is 0 Å². The number of rotatable bonds is 6. The van der Waals surface area contributed by atoms with Gasteiger partial charge in [0.2, 0.25) is 0 Å². The molecule has 33 heavy (non-hydrogen) atoms. The number of nitrogens with zero attached hydrogens (tertiary/aromatic N) is 1. The number of ether oxygens (including phenoxy) is 1. The number of carbonyl (C=O) groups excluding carboxylic acids is 2. The van der Waals surface area contributed by atoms with Crippen LogP contribution in [0, 0.1) is 32.1 Å². The summed E-state index contributed by atoms with van der Waals surface area (Å²) in [6.07, 6.45) is 1.50. The molecule has 0 saturated carbocycles. The minimum atomic E-state index is -0.486. The molecule has 0 aliphatic heterocycles. The Hall–Kier alpha value is -4.37. The molecule has 2 N–H and O–H groups in total. The van der Waals surface area contributed by atoms with Gasteiger partial charge in [0, 0.05) is 16.9 Å². The zero-order valence-electron chi connectivity index (χ0n) is 19.0. The van der Waals surface area contributed by atoms with Gasteiger partial charge in [0.25, 0.3) is 11.8 Å². The van der Waals surface area contributed by atoms with E-state index in [1.54, 1.807) is 55.6 Å². The summed E-state index contributed by atoms with van der Waals surface area (Å²) in [7, 11) is 1.56. The van der Waals surface area contributed by atoms with Gasteiger partial charge in [-0.25, -0.2) is 0 Å². The molecule has 0 aliphatic carbocycles. The first-order valence-corrected chi connectivity index (χ1v) is 10.4. The highest BCUT2D eigenvalue weighted by molar-refractivity contribution is 6.10. The molecule has 0 aromatic heterocycles. The summed E-state index contributed by atoms with van der Waals surface area (Å²) in [5.41, 5.74) is 5.28. The SMILES string of the molecule is COc1ccc(C(=O)Nc2cccc(/C=C(\C#N)C(=O)Nc3c(C)cc(C)cc3C)c2)cc1. The van der Waals surface area contributed by atoms with Gasteiger partial charge in [-0.15, -0.1) is 0 Å². The predicted octanol–water partition coefficient (Wildman–Crippen LogP) is 5.42. The first kappa shape index (κ1) is 23.3. The van der Waals surface area contributed by atoms with E-state index in [0.29, 0.717) is 28.3 Å². The zero-order valence-corrected chi connectivity index (χ0v) is 19.0. The number of carbonyl (C=O) groups is 2. The van der Waals surface area contributed by atoms with E-state index in [2.05, 4.69) is 10.6 Å². The van der Waals surface area contributed by atoms with Crippen molar-refractivity contribution in [2.75, 3.05) is 17.7 Å². The summed E-state index contributed by atoms with van der Waals surface area (Å²) in [4.78, 5) is 25.3. The van der Waals surface area contributed by atoms with Gasteiger partial charge in [-0.3, -0.25) is 9.59 Å². The van der Waals surface area contributed by atoms with Crippen molar-refractivity contribution in [1.82, 2.24) is 0 Å². The fourth-order valence-corrected chi connectivity index (χ4v) is 3.53. The number of hydrogen-bond acceptors (Lipinski definition) is 4. The van der Waals surface area contributed by atoms with Crippen molar-refractivity contribution in [3.05, 3.63) is 94.1 Å². The Labute approximate surface area is 193 Å². The van der Waals surface area contributed by atoms with Gasteiger partial charge in [-0.05, 0) is 79.9 Å². The van der Waals surface area contributed by atoms with Gasteiger partial charge < -0.3 is 15.4 Å². The molecule has 3 aromatic rings. The second kappa shape index (κ2) is 10.3. The van der Waals surface area contributed by atoms with Crippen LogP contribution in [-0.4, -0.2) is 18.9 Å². The zero-order chi connectivity index (χ0) is 24.0. The molecule has 6 nitrogen and oxygen atoms in total. The minimum Gasteiger partial charge on any atom is -0.497 e. The second-order valence-corrected chi connectivity index (χ2v) is 7.71. The normalized spacial score (nSPS) is 10.8. The molecule has 0 aliphatic rings. The van der Waals surface area contributed by atoms with Crippen LogP contribution in [0.25, 0.3) is 6.08 Å². The van der Waals surface area contributed by atoms with E-state index in [0.717, 1.165) is 16.7 Å². The molecule has 0 heterocycles. The van der Waals surface area contributed by atoms with Gasteiger partial charge in [-0.1, -0.05) is 29.8 Å². The average Bonchev–Trinajstić information content (AvgIpc) is 2.80. The predicted molar refractivity (Wildman–Crippen MR) is 130 cm³/mol. The number of aryl methyl sites for hydroxylation is 3. The molecular formula is C27H25N3O3. The molecule has 2 amide bonds. The third-order valence-corrected chi connectivity index (χ3v) is 5.09. The second-order valence-electron chi connectivity index (χ2n) is 7.71. The third-order valence-electron chi connectivity index (χ3n) is 5.09. The maximum atomic E-state index is 12.8. The average molecular weight is 440 g/mol. The molecule has 0 unspecified atom stereocenters. The number of nitrogens with one attached hydrogen (secondary N) is 2. The van der Waals surface area contributed by atoms with Gasteiger partial charge >= 0.3 is 0 Å². The lowest BCUT2D eigenvalue weighted by Crippen LogP contribution is -2.15. The van der Waals surface area contributed by atoms with E-state index in [1.807, 2.05) is 39.0 Å². The molecular weight excluding hydrogens is 414 g/mol. The van der Waals surface area contributed by atoms with Crippen molar-refractivity contribution < 1.29 is 14.3 Å². The number of methoxy groups -OCH3 is 1. The van der Waals surface area contributed by atoms with Crippen LogP contribution in [0.15, 0.2) is 66.2 Å². The van der Waals surface area contributed by atoms with Crippen LogP contribution in [0.4, 0.5) is 11.4 Å². The number of nitriles is 1. The molecule has 0 atom stereocenters. The van der Waals surface area contributed by atoms with Crippen LogP contribution in [0.5, 0.6) is 5.75 Å². The van der Waals surface area contributed by atoms with Crippen molar-refractivity contribution in [2.45, 2.75) is 20.8 Å². The monoisotopic (exact) mass is 439 g/mol. The van der Waals surface area contributed by atoms with Crippen LogP contribution in [-0.2, 0) is 4.79 Å². The Morgan fingerprint density at radius 2 is 1.61 bits per heavy atom. The van der Waals surface area contributed by atoms with Crippen LogP contribution < -0.4 is 15.4 Å². The van der Waals surface area contributed by atoms with Crippen LogP contribution in [0.2, 0.25) is 0 Å². The number of anilines is 2. The fraction of sp³-hybridized carbons (Fsp3) is 0.148. The Balaban J connectivity index is 1.77. The molecule has 3 aromatic carbocycles. The summed E-state index contributed by atoms with van der Waals surface area (Å²) in [5, 5.41) is 15.2. The van der Waals surface area contributed by atoms with Gasteiger partial charge in [0.15, 0.2) is 0 Å². The Bertz CT molecular complexity index is 1250. The molecule has 0 bridgehead atoms. The van der Waals surface area contributed by atoms with Crippen LogP contribution in [0.1, 0.15) is 32.6 Å². The Kier molecular flexibility index (Phi) is 7.27. The first-order chi connectivity index (χ1) is 15.8. The van der Waals surface area contributed by atoms with E-state index in [9.17, 15) is 14.9 Å². The van der Waals surface area contributed by atoms with Crippen molar-refractivity contribution in [3.8, 4) is 11.8 Å². The Morgan fingerprint density at radius 1 is 0.939 bits per heavy atom. The standard InChI is InChI=1S/C27H25N3O3/c1-17-12-18(2)25(19(3)13-17)30-27(32)22(16-28)14-20-6-5-7-23(15-20)29-26(31)21-8-10-24(33-4)11-9-21/h5-15H,1-4H3,(H,29,31)(H,30,32)/b22-14+. The van der Waals surface area contributed by atoms with E-state index in [4.69, 9.17) is 4.74 Å². The summed E-state index contributed by atoms with van der Waals surface area (Å²) >= 11 is 0. The lowest BCUT2D eigenvalue weighted by atomic mass is 10.0. The molecule has 0 fully saturated rings. The molecule has 0 saturated heterocycles. The summed E-state index contributed by atoms with van der Waals surface area (Å²) in [6, 6.07) is 19.6. The topological polar surface area (TPSA) is 91.2 Å². The van der Waals surface area contributed by atoms with Crippen molar-refractivity contribution in [1.29, 1.82) is 5.26 Å². The van der Waals surface area contributed by atoms with Crippen molar-refractivity contribution in [3.63, 3.8) is 0 Å². The number of amides is 2. The van der Waals surface area contributed by atoms with Crippen molar-refractivity contribution >= 4 is 29.3 Å². The maximum absolute atomic E-state index is 12.8. The first-order valence-electron chi connectivity index (χ1n) is 10.4. The summed E-state index contributed by atoms with van der Waals surface area (Å²) in [6.45, 7) is 5.83. The molecule has 0 spiro atoms. The van der Waals surface area contributed by atoms with E-state index in [-0.39, 0.29) is 11.5 Å². The lowest BCUT2D eigenvalue weighted by Gasteiger charge is -2.12. The smallest absolute Gasteiger partial charge is 0.266 e. The summed E-state index contributed by atoms with van der Waals surface area (Å²) < 4.78 is 5.11. The number of benzene rings is 3. The highest BCUT2D eigenvalue weighted by Gasteiger charge is 2.13. The van der Waals surface area contributed by atoms with E-state index < -0.39 is 5.91 Å². The highest BCUT2D eigenvalue weighted by Crippen LogP contribution is 2.23. The van der Waals surface area contributed by atoms with E-state index >= 15 is 0 Å². The molecule has 0 radical (unpaired) electrons. The quantitative estimate of drug-likeness (QED) is 0.396. The molecule has 6 heteroatoms. The van der Waals surface area contributed by atoms with Crippen LogP contribution >= 0.6 is 0 Å². The maximum Gasteiger partial charge on any atom is 0.266 e.